The second kappa shape index (κ2) is 14.2. The molecule has 0 unspecified atom stereocenters. The molecular weight excluding hydrogens is 525 g/mol. The molecule has 0 heterocycles. The number of carbonyl (C=O) groups is 2. The third-order valence-electron chi connectivity index (χ3n) is 5.51. The van der Waals surface area contributed by atoms with Gasteiger partial charge in [0.25, 0.3) is 11.8 Å². The molecule has 0 bridgehead atoms. The van der Waals surface area contributed by atoms with Crippen LogP contribution in [0.2, 0.25) is 0 Å². The monoisotopic (exact) mass is 556 g/mol. The van der Waals surface area contributed by atoms with Crippen LogP contribution in [0.3, 0.4) is 0 Å². The van der Waals surface area contributed by atoms with Crippen LogP contribution in [0.15, 0.2) is 78.5 Å². The van der Waals surface area contributed by atoms with E-state index in [2.05, 4.69) is 10.6 Å². The number of aliphatic hydroxyl groups excluding tert-OH is 1. The van der Waals surface area contributed by atoms with Crippen LogP contribution in [0.4, 0.5) is 13.2 Å². The van der Waals surface area contributed by atoms with E-state index in [9.17, 15) is 22.8 Å². The number of aliphatic hydroxyl groups is 1. The molecule has 10 heteroatoms. The zero-order chi connectivity index (χ0) is 29.1. The lowest BCUT2D eigenvalue weighted by molar-refractivity contribution is -0.137. The first-order valence-corrected chi connectivity index (χ1v) is 12.6. The van der Waals surface area contributed by atoms with E-state index in [0.29, 0.717) is 29.0 Å². The van der Waals surface area contributed by atoms with Crippen LogP contribution >= 0.6 is 0 Å². The van der Waals surface area contributed by atoms with Crippen molar-refractivity contribution < 1.29 is 37.3 Å². The molecule has 0 aromatic heterocycles. The van der Waals surface area contributed by atoms with Gasteiger partial charge in [-0.25, -0.2) is 0 Å². The molecule has 0 aliphatic rings. The van der Waals surface area contributed by atoms with Crippen molar-refractivity contribution in [3.8, 4) is 11.5 Å². The molecule has 212 valence electrons. The average molecular weight is 557 g/mol. The number of nitrogens with one attached hydrogen (secondary N) is 2. The number of alkyl halides is 3. The Morgan fingerprint density at radius 3 is 2.12 bits per heavy atom. The minimum absolute atomic E-state index is 0.00662. The van der Waals surface area contributed by atoms with E-state index < -0.39 is 23.6 Å². The summed E-state index contributed by atoms with van der Waals surface area (Å²) in [6.07, 6.45) is -2.45. The van der Waals surface area contributed by atoms with Gasteiger partial charge in [0.1, 0.15) is 17.2 Å². The van der Waals surface area contributed by atoms with Gasteiger partial charge in [-0.15, -0.1) is 0 Å². The number of rotatable bonds is 12. The normalized spacial score (nSPS) is 11.7. The zero-order valence-electron chi connectivity index (χ0n) is 22.1. The van der Waals surface area contributed by atoms with Gasteiger partial charge in [-0.3, -0.25) is 9.59 Å². The third kappa shape index (κ3) is 9.46. The Labute approximate surface area is 230 Å². The molecule has 0 spiro atoms. The van der Waals surface area contributed by atoms with Gasteiger partial charge in [0, 0.05) is 18.5 Å². The molecule has 2 amide bonds. The third-order valence-corrected chi connectivity index (χ3v) is 5.51. The van der Waals surface area contributed by atoms with E-state index in [-0.39, 0.29) is 37.1 Å². The fourth-order valence-corrected chi connectivity index (χ4v) is 3.55. The van der Waals surface area contributed by atoms with Crippen molar-refractivity contribution in [3.63, 3.8) is 0 Å². The SMILES string of the molecule is CC(C)Oc1ccc(C=C(NC(=O)c2ccc(OCCc3ccc(C(F)(F)F)cc3)cc2)C(=O)NCCO)cc1. The minimum atomic E-state index is -4.38. The lowest BCUT2D eigenvalue weighted by Gasteiger charge is -2.12. The van der Waals surface area contributed by atoms with Gasteiger partial charge in [0.2, 0.25) is 0 Å². The second-order valence-electron chi connectivity index (χ2n) is 9.04. The predicted molar refractivity (Wildman–Crippen MR) is 145 cm³/mol. The van der Waals surface area contributed by atoms with Gasteiger partial charge in [0.05, 0.1) is 24.9 Å². The second-order valence-corrected chi connectivity index (χ2v) is 9.04. The Balaban J connectivity index is 1.62. The molecule has 3 aromatic carbocycles. The fraction of sp³-hybridized carbons (Fsp3) is 0.267. The molecule has 0 atom stereocenters. The molecule has 40 heavy (non-hydrogen) atoms. The maximum absolute atomic E-state index is 12.9. The fourth-order valence-electron chi connectivity index (χ4n) is 3.55. The van der Waals surface area contributed by atoms with Crippen LogP contribution < -0.4 is 20.1 Å². The Morgan fingerprint density at radius 1 is 0.925 bits per heavy atom. The number of amides is 2. The highest BCUT2D eigenvalue weighted by atomic mass is 19.4. The smallest absolute Gasteiger partial charge is 0.416 e. The Bertz CT molecular complexity index is 1290. The Hall–Kier alpha value is -4.31. The average Bonchev–Trinajstić information content (AvgIpc) is 2.92. The Morgan fingerprint density at radius 2 is 1.55 bits per heavy atom. The van der Waals surface area contributed by atoms with E-state index in [1.165, 1.54) is 30.3 Å². The molecule has 0 radical (unpaired) electrons. The van der Waals surface area contributed by atoms with Crippen LogP contribution in [0.1, 0.15) is 40.9 Å². The summed E-state index contributed by atoms with van der Waals surface area (Å²) in [4.78, 5) is 25.5. The number of carbonyl (C=O) groups excluding carboxylic acids is 2. The number of hydrogen-bond acceptors (Lipinski definition) is 5. The molecule has 3 N–H and O–H groups in total. The van der Waals surface area contributed by atoms with Crippen molar-refractivity contribution in [2.75, 3.05) is 19.8 Å². The summed E-state index contributed by atoms with van der Waals surface area (Å²) in [5, 5.41) is 14.2. The first-order chi connectivity index (χ1) is 19.0. The summed E-state index contributed by atoms with van der Waals surface area (Å²) < 4.78 is 49.4. The summed E-state index contributed by atoms with van der Waals surface area (Å²) in [6.45, 7) is 3.82. The Kier molecular flexibility index (Phi) is 10.7. The maximum Gasteiger partial charge on any atom is 0.416 e. The number of benzene rings is 3. The van der Waals surface area contributed by atoms with Gasteiger partial charge in [-0.2, -0.15) is 13.2 Å². The van der Waals surface area contributed by atoms with E-state index >= 15 is 0 Å². The van der Waals surface area contributed by atoms with E-state index in [1.54, 1.807) is 36.4 Å². The molecular formula is C30H31F3N2O5. The van der Waals surface area contributed by atoms with Gasteiger partial charge in [-0.1, -0.05) is 24.3 Å². The van der Waals surface area contributed by atoms with Gasteiger partial charge in [0.15, 0.2) is 0 Å². The van der Waals surface area contributed by atoms with Crippen LogP contribution in [0.5, 0.6) is 11.5 Å². The predicted octanol–water partition coefficient (Wildman–Crippen LogP) is 4.99. The zero-order valence-corrected chi connectivity index (χ0v) is 22.1. The highest BCUT2D eigenvalue weighted by molar-refractivity contribution is 6.05. The summed E-state index contributed by atoms with van der Waals surface area (Å²) in [7, 11) is 0. The molecule has 0 aliphatic carbocycles. The van der Waals surface area contributed by atoms with Crippen LogP contribution in [-0.4, -0.2) is 42.8 Å². The van der Waals surface area contributed by atoms with Crippen molar-refractivity contribution in [3.05, 3.63) is 101 Å². The van der Waals surface area contributed by atoms with E-state index in [4.69, 9.17) is 14.6 Å². The van der Waals surface area contributed by atoms with Crippen LogP contribution in [0.25, 0.3) is 6.08 Å². The van der Waals surface area contributed by atoms with Crippen molar-refractivity contribution in [1.82, 2.24) is 10.6 Å². The van der Waals surface area contributed by atoms with Crippen molar-refractivity contribution in [1.29, 1.82) is 0 Å². The van der Waals surface area contributed by atoms with Gasteiger partial charge >= 0.3 is 6.18 Å². The molecule has 0 saturated heterocycles. The van der Waals surface area contributed by atoms with E-state index in [1.807, 2.05) is 13.8 Å². The summed E-state index contributed by atoms with van der Waals surface area (Å²) in [5.74, 6) is 0.0577. The van der Waals surface area contributed by atoms with Crippen molar-refractivity contribution in [2.45, 2.75) is 32.5 Å². The maximum atomic E-state index is 12.9. The summed E-state index contributed by atoms with van der Waals surface area (Å²) >= 11 is 0. The molecule has 7 nitrogen and oxygen atoms in total. The summed E-state index contributed by atoms with van der Waals surface area (Å²) in [6, 6.07) is 18.1. The molecule has 0 fully saturated rings. The highest BCUT2D eigenvalue weighted by Crippen LogP contribution is 2.29. The first-order valence-electron chi connectivity index (χ1n) is 12.6. The van der Waals surface area contributed by atoms with Crippen molar-refractivity contribution in [2.24, 2.45) is 0 Å². The highest BCUT2D eigenvalue weighted by Gasteiger charge is 2.29. The quantitative estimate of drug-likeness (QED) is 0.273. The number of halogens is 3. The number of ether oxygens (including phenoxy) is 2. The summed E-state index contributed by atoms with van der Waals surface area (Å²) in [5.41, 5.74) is 0.917. The largest absolute Gasteiger partial charge is 0.493 e. The van der Waals surface area contributed by atoms with Gasteiger partial charge in [-0.05, 0) is 79.6 Å². The number of hydrogen-bond donors (Lipinski definition) is 3. The lowest BCUT2D eigenvalue weighted by atomic mass is 10.1. The first kappa shape index (κ1) is 30.2. The topological polar surface area (TPSA) is 96.9 Å². The molecule has 0 saturated carbocycles. The molecule has 3 aromatic rings. The van der Waals surface area contributed by atoms with Crippen molar-refractivity contribution >= 4 is 17.9 Å². The minimum Gasteiger partial charge on any atom is -0.493 e. The van der Waals surface area contributed by atoms with E-state index in [0.717, 1.165) is 12.1 Å². The van der Waals surface area contributed by atoms with Crippen LogP contribution in [0, 0.1) is 0 Å². The standard InChI is InChI=1S/C30H31F3N2O5/c1-20(2)40-26-11-5-22(6-12-26)19-27(29(38)34-16-17-36)35-28(37)23-7-13-25(14-8-23)39-18-15-21-3-9-24(10-4-21)30(31,32)33/h3-14,19-20,36H,15-18H2,1-2H3,(H,34,38)(H,35,37). The van der Waals surface area contributed by atoms with Gasteiger partial charge < -0.3 is 25.2 Å². The van der Waals surface area contributed by atoms with Crippen LogP contribution in [-0.2, 0) is 17.4 Å². The molecule has 0 aliphatic heterocycles. The molecule has 3 rings (SSSR count). The lowest BCUT2D eigenvalue weighted by Crippen LogP contribution is -2.36.